The van der Waals surface area contributed by atoms with Gasteiger partial charge in [0.15, 0.2) is 0 Å². The van der Waals surface area contributed by atoms with E-state index in [9.17, 15) is 9.59 Å². The first-order chi connectivity index (χ1) is 15.1. The molecule has 4 rings (SSSR count). The maximum atomic E-state index is 13.0. The van der Waals surface area contributed by atoms with E-state index >= 15 is 0 Å². The number of carbonyl (C=O) groups excluding carboxylic acids is 2. The largest absolute Gasteiger partial charge is 0.497 e. The van der Waals surface area contributed by atoms with Crippen LogP contribution in [0.2, 0.25) is 0 Å². The van der Waals surface area contributed by atoms with Gasteiger partial charge in [-0.05, 0) is 36.9 Å². The number of nitrogens with zero attached hydrogens (tertiary/aromatic N) is 3. The fourth-order valence-electron chi connectivity index (χ4n) is 4.45. The van der Waals surface area contributed by atoms with Gasteiger partial charge in [-0.15, -0.1) is 11.3 Å². The Labute approximate surface area is 187 Å². The van der Waals surface area contributed by atoms with E-state index in [2.05, 4.69) is 4.90 Å². The van der Waals surface area contributed by atoms with Crippen LogP contribution in [-0.4, -0.2) is 80.0 Å². The Bertz CT molecular complexity index is 910. The minimum Gasteiger partial charge on any atom is -0.497 e. The summed E-state index contributed by atoms with van der Waals surface area (Å²) in [7, 11) is 3.31. The van der Waals surface area contributed by atoms with Gasteiger partial charge in [-0.2, -0.15) is 0 Å². The Balaban J connectivity index is 1.36. The van der Waals surface area contributed by atoms with Crippen molar-refractivity contribution in [2.75, 3.05) is 53.5 Å². The van der Waals surface area contributed by atoms with E-state index in [1.807, 2.05) is 45.5 Å². The SMILES string of the molecule is COc1ccc(C2CCCN2CC(=O)N2CCN(C(=O)c3cccs3)CC2)c(OC)c1. The second kappa shape index (κ2) is 9.70. The number of hydrogen-bond donors (Lipinski definition) is 0. The van der Waals surface area contributed by atoms with E-state index in [1.165, 1.54) is 11.3 Å². The lowest BCUT2D eigenvalue weighted by molar-refractivity contribution is -0.134. The quantitative estimate of drug-likeness (QED) is 0.687. The number of amides is 2. The normalized spacial score (nSPS) is 19.5. The molecule has 2 amide bonds. The molecule has 1 aromatic heterocycles. The first-order valence-corrected chi connectivity index (χ1v) is 11.5. The Kier molecular flexibility index (Phi) is 6.77. The molecule has 0 aliphatic carbocycles. The highest BCUT2D eigenvalue weighted by Crippen LogP contribution is 2.38. The van der Waals surface area contributed by atoms with Crippen LogP contribution >= 0.6 is 11.3 Å². The van der Waals surface area contributed by atoms with E-state index in [0.717, 1.165) is 41.3 Å². The molecule has 0 radical (unpaired) electrons. The van der Waals surface area contributed by atoms with Crippen LogP contribution in [0.25, 0.3) is 0 Å². The van der Waals surface area contributed by atoms with Gasteiger partial charge in [0, 0.05) is 43.9 Å². The predicted octanol–water partition coefficient (Wildman–Crippen LogP) is 2.89. The number of thiophene rings is 1. The Morgan fingerprint density at radius 3 is 2.48 bits per heavy atom. The van der Waals surface area contributed by atoms with E-state index in [1.54, 1.807) is 14.2 Å². The van der Waals surface area contributed by atoms with Crippen LogP contribution in [0, 0.1) is 0 Å². The van der Waals surface area contributed by atoms with Crippen molar-refractivity contribution in [3.63, 3.8) is 0 Å². The number of hydrogen-bond acceptors (Lipinski definition) is 6. The molecule has 8 heteroatoms. The van der Waals surface area contributed by atoms with Crippen molar-refractivity contribution in [1.82, 2.24) is 14.7 Å². The number of likely N-dealkylation sites (tertiary alicyclic amines) is 1. The van der Waals surface area contributed by atoms with E-state index in [-0.39, 0.29) is 17.9 Å². The molecule has 0 bridgehead atoms. The third kappa shape index (κ3) is 4.70. The number of piperazine rings is 1. The van der Waals surface area contributed by atoms with Crippen molar-refractivity contribution in [2.45, 2.75) is 18.9 Å². The molecule has 1 atom stereocenters. The topological polar surface area (TPSA) is 62.3 Å². The summed E-state index contributed by atoms with van der Waals surface area (Å²) in [6.45, 7) is 3.61. The Morgan fingerprint density at radius 2 is 1.81 bits per heavy atom. The molecule has 2 aliphatic rings. The maximum Gasteiger partial charge on any atom is 0.264 e. The van der Waals surface area contributed by atoms with Gasteiger partial charge in [0.2, 0.25) is 5.91 Å². The summed E-state index contributed by atoms with van der Waals surface area (Å²) in [5.74, 6) is 1.75. The summed E-state index contributed by atoms with van der Waals surface area (Å²) in [6, 6.07) is 9.79. The van der Waals surface area contributed by atoms with E-state index < -0.39 is 0 Å². The zero-order valence-electron chi connectivity index (χ0n) is 18.1. The summed E-state index contributed by atoms with van der Waals surface area (Å²) in [6.07, 6.45) is 2.05. The van der Waals surface area contributed by atoms with Gasteiger partial charge in [0.25, 0.3) is 5.91 Å². The molecular weight excluding hydrogens is 414 g/mol. The molecule has 0 saturated carbocycles. The molecule has 2 aromatic rings. The summed E-state index contributed by atoms with van der Waals surface area (Å²) < 4.78 is 10.9. The molecule has 31 heavy (non-hydrogen) atoms. The van der Waals surface area contributed by atoms with Crippen LogP contribution in [-0.2, 0) is 4.79 Å². The van der Waals surface area contributed by atoms with Crippen molar-refractivity contribution < 1.29 is 19.1 Å². The lowest BCUT2D eigenvalue weighted by Gasteiger charge is -2.36. The van der Waals surface area contributed by atoms with Gasteiger partial charge >= 0.3 is 0 Å². The standard InChI is InChI=1S/C23H29N3O4S/c1-29-17-7-8-18(20(15-17)30-2)19-5-3-9-26(19)16-22(27)24-10-12-25(13-11-24)23(28)21-6-4-14-31-21/h4,6-8,14-15,19H,3,5,9-13,16H2,1-2H3. The second-order valence-corrected chi connectivity index (χ2v) is 8.83. The van der Waals surface area contributed by atoms with Gasteiger partial charge in [0.05, 0.1) is 25.6 Å². The lowest BCUT2D eigenvalue weighted by Crippen LogP contribution is -2.52. The number of ether oxygens (including phenoxy) is 2. The lowest BCUT2D eigenvalue weighted by atomic mass is 10.0. The highest BCUT2D eigenvalue weighted by Gasteiger charge is 2.32. The second-order valence-electron chi connectivity index (χ2n) is 7.89. The van der Waals surface area contributed by atoms with Crippen molar-refractivity contribution >= 4 is 23.2 Å². The average Bonchev–Trinajstić information content (AvgIpc) is 3.50. The van der Waals surface area contributed by atoms with Crippen LogP contribution in [0.1, 0.15) is 34.1 Å². The van der Waals surface area contributed by atoms with Gasteiger partial charge in [-0.1, -0.05) is 12.1 Å². The fraction of sp³-hybridized carbons (Fsp3) is 0.478. The third-order valence-corrected chi connectivity index (χ3v) is 7.01. The number of methoxy groups -OCH3 is 2. The Morgan fingerprint density at radius 1 is 1.03 bits per heavy atom. The van der Waals surface area contributed by atoms with Crippen molar-refractivity contribution in [3.8, 4) is 11.5 Å². The van der Waals surface area contributed by atoms with E-state index in [0.29, 0.717) is 32.7 Å². The molecular formula is C23H29N3O4S. The highest BCUT2D eigenvalue weighted by molar-refractivity contribution is 7.12. The molecule has 2 fully saturated rings. The fourth-order valence-corrected chi connectivity index (χ4v) is 5.14. The number of benzene rings is 1. The molecule has 1 unspecified atom stereocenters. The van der Waals surface area contributed by atoms with Crippen LogP contribution in [0.4, 0.5) is 0 Å². The van der Waals surface area contributed by atoms with Gasteiger partial charge in [0.1, 0.15) is 11.5 Å². The molecule has 166 valence electrons. The number of rotatable bonds is 6. The van der Waals surface area contributed by atoms with Crippen molar-refractivity contribution in [3.05, 3.63) is 46.2 Å². The minimum atomic E-state index is 0.0632. The van der Waals surface area contributed by atoms with Crippen molar-refractivity contribution in [2.24, 2.45) is 0 Å². The smallest absolute Gasteiger partial charge is 0.264 e. The monoisotopic (exact) mass is 443 g/mol. The van der Waals surface area contributed by atoms with Crippen LogP contribution < -0.4 is 9.47 Å². The first kappa shape index (κ1) is 21.6. The van der Waals surface area contributed by atoms with Gasteiger partial charge in [-0.3, -0.25) is 14.5 Å². The molecule has 3 heterocycles. The summed E-state index contributed by atoms with van der Waals surface area (Å²) in [4.78, 5) is 32.3. The van der Waals surface area contributed by atoms with Crippen LogP contribution in [0.5, 0.6) is 11.5 Å². The Hall–Kier alpha value is -2.58. The molecule has 1 aromatic carbocycles. The van der Waals surface area contributed by atoms with Gasteiger partial charge in [-0.25, -0.2) is 0 Å². The van der Waals surface area contributed by atoms with E-state index in [4.69, 9.17) is 9.47 Å². The summed E-state index contributed by atoms with van der Waals surface area (Å²) in [5.41, 5.74) is 1.10. The zero-order valence-corrected chi connectivity index (χ0v) is 18.9. The molecule has 0 N–H and O–H groups in total. The van der Waals surface area contributed by atoms with Crippen LogP contribution in [0.3, 0.4) is 0 Å². The number of carbonyl (C=O) groups is 2. The van der Waals surface area contributed by atoms with Gasteiger partial charge < -0.3 is 19.3 Å². The predicted molar refractivity (Wildman–Crippen MR) is 120 cm³/mol. The molecule has 0 spiro atoms. The first-order valence-electron chi connectivity index (χ1n) is 10.7. The summed E-state index contributed by atoms with van der Waals surface area (Å²) >= 11 is 1.46. The average molecular weight is 444 g/mol. The minimum absolute atomic E-state index is 0.0632. The molecule has 2 saturated heterocycles. The van der Waals surface area contributed by atoms with Crippen molar-refractivity contribution in [1.29, 1.82) is 0 Å². The summed E-state index contributed by atoms with van der Waals surface area (Å²) in [5, 5.41) is 1.91. The maximum absolute atomic E-state index is 13.0. The van der Waals surface area contributed by atoms with Crippen LogP contribution in [0.15, 0.2) is 35.7 Å². The molecule has 2 aliphatic heterocycles. The highest BCUT2D eigenvalue weighted by atomic mass is 32.1. The zero-order chi connectivity index (χ0) is 21.8. The third-order valence-electron chi connectivity index (χ3n) is 6.15. The molecule has 7 nitrogen and oxygen atoms in total.